The summed E-state index contributed by atoms with van der Waals surface area (Å²) in [6.07, 6.45) is 3.97. The number of amides is 2. The number of rotatable bonds is 3. The molecule has 148 valence electrons. The molecule has 5 N–H and O–H groups in total. The van der Waals surface area contributed by atoms with Crippen LogP contribution in [0.25, 0.3) is 0 Å². The number of ether oxygens (including phenoxy) is 1. The quantitative estimate of drug-likeness (QED) is 0.607. The number of benzene rings is 1. The fourth-order valence-electron chi connectivity index (χ4n) is 3.80. The first-order valence-corrected chi connectivity index (χ1v) is 11.6. The zero-order chi connectivity index (χ0) is 19.2. The van der Waals surface area contributed by atoms with Crippen LogP contribution in [0.4, 0.5) is 10.5 Å². The van der Waals surface area contributed by atoms with Crippen molar-refractivity contribution in [3.8, 4) is 5.75 Å². The number of fused-ring (bicyclic) bond motifs is 2. The molecular weight excluding hydrogens is 384 g/mol. The number of urea groups is 1. The summed E-state index contributed by atoms with van der Waals surface area (Å²) >= 11 is 1.59. The zero-order valence-corrected chi connectivity index (χ0v) is 17.2. The minimum atomic E-state index is -0.988. The number of nitrogens with zero attached hydrogens (tertiary/aromatic N) is 1. The molecule has 3 atom stereocenters. The fraction of sp³-hybridized carbons (Fsp3) is 0.611. The molecule has 0 aromatic heterocycles. The Balaban J connectivity index is 1.50. The largest absolute Gasteiger partial charge is 0.491 e. The second-order valence-corrected chi connectivity index (χ2v) is 10.5. The number of carbonyl (C=O) groups is 1. The van der Waals surface area contributed by atoms with Gasteiger partial charge < -0.3 is 15.2 Å². The van der Waals surface area contributed by atoms with Crippen molar-refractivity contribution in [2.24, 2.45) is 9.50 Å². The minimum Gasteiger partial charge on any atom is -0.491 e. The molecule has 4 rings (SSSR count). The standard InChI is InChI=1S/C18H26N4O3S2/c1-18(2,24)13-9-26-17(20-13)27(19)22-16(23)21-14-12-5-3-4-10(12)8-11-6-7-25-15(11)14/h8,13,17,20,24H,3-7,9H2,1-2H3,(H3,19,21,22,23). The molecule has 3 unspecified atom stereocenters. The maximum atomic E-state index is 12.6. The summed E-state index contributed by atoms with van der Waals surface area (Å²) < 4.78 is 9.77. The van der Waals surface area contributed by atoms with Crippen LogP contribution in [-0.2, 0) is 30.1 Å². The Hall–Kier alpha value is -1.13. The van der Waals surface area contributed by atoms with E-state index in [4.69, 9.17) is 9.88 Å². The lowest BCUT2D eigenvalue weighted by atomic mass is 10.0. The maximum absolute atomic E-state index is 12.6. The number of aryl methyl sites for hydroxylation is 1. The predicted molar refractivity (Wildman–Crippen MR) is 110 cm³/mol. The molecule has 2 heterocycles. The molecule has 0 saturated carbocycles. The van der Waals surface area contributed by atoms with E-state index < -0.39 is 22.5 Å². The van der Waals surface area contributed by atoms with Gasteiger partial charge in [0.25, 0.3) is 0 Å². The van der Waals surface area contributed by atoms with E-state index in [2.05, 4.69) is 21.1 Å². The molecule has 0 bridgehead atoms. The number of hydrogen-bond acceptors (Lipinski definition) is 5. The normalized spacial score (nSPS) is 25.2. The number of carbonyl (C=O) groups excluding carboxylic acids is 1. The molecular formula is C18H26N4O3S2. The second kappa shape index (κ2) is 7.36. The molecule has 1 saturated heterocycles. The van der Waals surface area contributed by atoms with E-state index in [1.165, 1.54) is 16.7 Å². The van der Waals surface area contributed by atoms with E-state index >= 15 is 0 Å². The van der Waals surface area contributed by atoms with Gasteiger partial charge in [0.2, 0.25) is 0 Å². The lowest BCUT2D eigenvalue weighted by Gasteiger charge is -2.25. The van der Waals surface area contributed by atoms with Crippen molar-refractivity contribution in [2.45, 2.75) is 55.9 Å². The Morgan fingerprint density at radius 1 is 1.44 bits per heavy atom. The lowest BCUT2D eigenvalue weighted by Crippen LogP contribution is -2.47. The van der Waals surface area contributed by atoms with Crippen molar-refractivity contribution in [2.75, 3.05) is 17.7 Å². The number of anilines is 1. The molecule has 3 aliphatic rings. The van der Waals surface area contributed by atoms with Crippen LogP contribution < -0.4 is 20.5 Å². The Morgan fingerprint density at radius 3 is 3.00 bits per heavy atom. The van der Waals surface area contributed by atoms with Gasteiger partial charge in [-0.05, 0) is 49.8 Å². The molecule has 9 heteroatoms. The average Bonchev–Trinajstić information content (AvgIpc) is 3.33. The Bertz CT molecular complexity index is 775. The zero-order valence-electron chi connectivity index (χ0n) is 15.6. The summed E-state index contributed by atoms with van der Waals surface area (Å²) in [7, 11) is -0.988. The van der Waals surface area contributed by atoms with Gasteiger partial charge in [-0.3, -0.25) is 10.5 Å². The number of hydrogen-bond donors (Lipinski definition) is 4. The highest BCUT2D eigenvalue weighted by Crippen LogP contribution is 2.42. The number of aliphatic hydroxyl groups is 1. The van der Waals surface area contributed by atoms with Gasteiger partial charge in [0.05, 0.1) is 17.9 Å². The minimum absolute atomic E-state index is 0.0710. The smallest absolute Gasteiger partial charge is 0.352 e. The van der Waals surface area contributed by atoms with Crippen LogP contribution in [0.5, 0.6) is 5.75 Å². The summed E-state index contributed by atoms with van der Waals surface area (Å²) in [5, 5.41) is 22.5. The topological polar surface area (TPSA) is 109 Å². The fourth-order valence-corrected chi connectivity index (χ4v) is 6.49. The van der Waals surface area contributed by atoms with E-state index in [0.717, 1.165) is 42.9 Å². The average molecular weight is 411 g/mol. The highest BCUT2D eigenvalue weighted by Gasteiger charge is 2.36. The van der Waals surface area contributed by atoms with Crippen molar-refractivity contribution < 1.29 is 14.6 Å². The number of nitrogens with two attached hydrogens (primary N) is 1. The summed E-state index contributed by atoms with van der Waals surface area (Å²) in [5.41, 5.74) is 3.59. The molecule has 1 aliphatic carbocycles. The number of nitrogens with one attached hydrogen (secondary N) is 2. The van der Waals surface area contributed by atoms with Crippen LogP contribution in [0.3, 0.4) is 0 Å². The van der Waals surface area contributed by atoms with Crippen LogP contribution in [0.15, 0.2) is 10.4 Å². The Kier molecular flexibility index (Phi) is 5.24. The second-order valence-electron chi connectivity index (χ2n) is 7.74. The molecule has 1 aromatic carbocycles. The van der Waals surface area contributed by atoms with Gasteiger partial charge in [-0.25, -0.2) is 4.79 Å². The van der Waals surface area contributed by atoms with Gasteiger partial charge in [0.1, 0.15) is 10.5 Å². The summed E-state index contributed by atoms with van der Waals surface area (Å²) in [5.74, 6) is 1.53. The summed E-state index contributed by atoms with van der Waals surface area (Å²) in [6, 6.07) is 1.71. The van der Waals surface area contributed by atoms with Gasteiger partial charge in [-0.15, -0.1) is 11.8 Å². The van der Waals surface area contributed by atoms with Crippen LogP contribution in [-0.4, -0.2) is 39.8 Å². The molecule has 1 fully saturated rings. The van der Waals surface area contributed by atoms with Crippen molar-refractivity contribution in [3.63, 3.8) is 0 Å². The van der Waals surface area contributed by atoms with E-state index in [1.54, 1.807) is 25.6 Å². The third-order valence-electron chi connectivity index (χ3n) is 5.29. The molecule has 27 heavy (non-hydrogen) atoms. The first kappa shape index (κ1) is 19.2. The summed E-state index contributed by atoms with van der Waals surface area (Å²) in [4.78, 5) is 12.6. The van der Waals surface area contributed by atoms with Crippen molar-refractivity contribution in [1.29, 1.82) is 0 Å². The molecule has 1 aromatic rings. The summed E-state index contributed by atoms with van der Waals surface area (Å²) in [6.45, 7) is 4.19. The van der Waals surface area contributed by atoms with E-state index in [1.807, 2.05) is 0 Å². The number of thioether (sulfide) groups is 1. The van der Waals surface area contributed by atoms with Gasteiger partial charge in [-0.1, -0.05) is 6.07 Å². The highest BCUT2D eigenvalue weighted by atomic mass is 32.2. The third kappa shape index (κ3) is 3.88. The van der Waals surface area contributed by atoms with Crippen LogP contribution >= 0.6 is 11.8 Å². The maximum Gasteiger partial charge on any atom is 0.352 e. The van der Waals surface area contributed by atoms with Crippen LogP contribution in [0.1, 0.15) is 37.0 Å². The van der Waals surface area contributed by atoms with Crippen LogP contribution in [0.2, 0.25) is 0 Å². The SMILES string of the molecule is CC(C)(O)C1CSC(/S(N)=N/C(=O)Nc2c3c(cc4c2OCC4)CCC3)N1. The molecule has 2 aliphatic heterocycles. The van der Waals surface area contributed by atoms with Crippen molar-refractivity contribution in [1.82, 2.24) is 5.32 Å². The van der Waals surface area contributed by atoms with Crippen molar-refractivity contribution in [3.05, 3.63) is 22.8 Å². The molecule has 0 radical (unpaired) electrons. The lowest BCUT2D eigenvalue weighted by molar-refractivity contribution is 0.0498. The van der Waals surface area contributed by atoms with E-state index in [9.17, 15) is 9.90 Å². The molecule has 7 nitrogen and oxygen atoms in total. The van der Waals surface area contributed by atoms with Gasteiger partial charge in [0, 0.05) is 29.1 Å². The monoisotopic (exact) mass is 410 g/mol. The predicted octanol–water partition coefficient (Wildman–Crippen LogP) is 2.08. The molecule has 0 spiro atoms. The van der Waals surface area contributed by atoms with E-state index in [-0.39, 0.29) is 10.7 Å². The third-order valence-corrected chi connectivity index (χ3v) is 8.21. The Morgan fingerprint density at radius 2 is 2.26 bits per heavy atom. The highest BCUT2D eigenvalue weighted by molar-refractivity contribution is 8.11. The van der Waals surface area contributed by atoms with Gasteiger partial charge in [-0.2, -0.15) is 4.36 Å². The van der Waals surface area contributed by atoms with Crippen molar-refractivity contribution >= 4 is 34.4 Å². The first-order valence-electron chi connectivity index (χ1n) is 9.23. The first-order chi connectivity index (χ1) is 12.8. The molecule has 2 amide bonds. The van der Waals surface area contributed by atoms with Crippen LogP contribution in [0, 0.1) is 0 Å². The van der Waals surface area contributed by atoms with E-state index in [0.29, 0.717) is 6.61 Å². The van der Waals surface area contributed by atoms with Gasteiger partial charge in [0.15, 0.2) is 0 Å². The van der Waals surface area contributed by atoms with Gasteiger partial charge >= 0.3 is 6.03 Å². The Labute approximate surface area is 166 Å².